The van der Waals surface area contributed by atoms with Crippen molar-refractivity contribution in [2.75, 3.05) is 13.2 Å². The van der Waals surface area contributed by atoms with Gasteiger partial charge in [0.25, 0.3) is 0 Å². The molecule has 1 aromatic heterocycles. The molecule has 1 fully saturated rings. The highest BCUT2D eigenvalue weighted by Crippen LogP contribution is 2.39. The van der Waals surface area contributed by atoms with Crippen molar-refractivity contribution in [3.8, 4) is 0 Å². The second-order valence-corrected chi connectivity index (χ2v) is 5.16. The number of halogens is 1. The molecule has 2 rings (SSSR count). The Balaban J connectivity index is 2.35. The van der Waals surface area contributed by atoms with Crippen molar-refractivity contribution in [2.24, 2.45) is 7.05 Å². The first kappa shape index (κ1) is 12.9. The van der Waals surface area contributed by atoms with Crippen molar-refractivity contribution in [2.45, 2.75) is 38.3 Å². The number of nitrogens with one attached hydrogen (secondary N) is 1. The Morgan fingerprint density at radius 3 is 2.94 bits per heavy atom. The molecule has 1 N–H and O–H groups in total. The van der Waals surface area contributed by atoms with E-state index in [9.17, 15) is 0 Å². The van der Waals surface area contributed by atoms with Crippen molar-refractivity contribution in [1.82, 2.24) is 15.1 Å². The fraction of sp³-hybridized carbons (Fsp3) is 0.750. The number of aromatic nitrogens is 2. The molecule has 5 heteroatoms. The average molecular weight is 258 g/mol. The highest BCUT2D eigenvalue weighted by atomic mass is 35.5. The summed E-state index contributed by atoms with van der Waals surface area (Å²) < 4.78 is 7.76. The van der Waals surface area contributed by atoms with E-state index in [4.69, 9.17) is 16.3 Å². The number of likely N-dealkylation sites (N-methyl/N-ethyl adjacent to an activating group) is 1. The first-order chi connectivity index (χ1) is 8.08. The van der Waals surface area contributed by atoms with Crippen LogP contribution >= 0.6 is 11.6 Å². The van der Waals surface area contributed by atoms with Crippen LogP contribution in [0.25, 0.3) is 0 Å². The fourth-order valence-electron chi connectivity index (χ4n) is 2.58. The Morgan fingerprint density at radius 1 is 1.71 bits per heavy atom. The minimum absolute atomic E-state index is 0.0926. The fourth-order valence-corrected chi connectivity index (χ4v) is 2.85. The maximum absolute atomic E-state index is 6.24. The lowest BCUT2D eigenvalue weighted by Crippen LogP contribution is -2.42. The van der Waals surface area contributed by atoms with E-state index in [1.807, 2.05) is 11.7 Å². The van der Waals surface area contributed by atoms with Gasteiger partial charge in [-0.05, 0) is 26.3 Å². The first-order valence-corrected chi connectivity index (χ1v) is 6.51. The summed E-state index contributed by atoms with van der Waals surface area (Å²) in [6.45, 7) is 5.95. The van der Waals surface area contributed by atoms with Gasteiger partial charge in [-0.1, -0.05) is 18.5 Å². The third kappa shape index (κ3) is 2.34. The van der Waals surface area contributed by atoms with E-state index in [0.29, 0.717) is 5.02 Å². The summed E-state index contributed by atoms with van der Waals surface area (Å²) >= 11 is 6.24. The van der Waals surface area contributed by atoms with Gasteiger partial charge in [0.15, 0.2) is 0 Å². The van der Waals surface area contributed by atoms with Crippen LogP contribution in [-0.4, -0.2) is 28.5 Å². The van der Waals surface area contributed by atoms with Gasteiger partial charge >= 0.3 is 0 Å². The summed E-state index contributed by atoms with van der Waals surface area (Å²) in [5.41, 5.74) is 0.825. The van der Waals surface area contributed by atoms with E-state index >= 15 is 0 Å². The van der Waals surface area contributed by atoms with Crippen molar-refractivity contribution in [3.05, 3.63) is 16.9 Å². The molecular weight excluding hydrogens is 238 g/mol. The number of ether oxygens (including phenoxy) is 1. The average Bonchev–Trinajstić information content (AvgIpc) is 2.85. The van der Waals surface area contributed by atoms with Crippen molar-refractivity contribution in [3.63, 3.8) is 0 Å². The molecule has 0 amide bonds. The van der Waals surface area contributed by atoms with Gasteiger partial charge in [0.2, 0.25) is 0 Å². The molecule has 2 unspecified atom stereocenters. The number of hydrogen-bond acceptors (Lipinski definition) is 3. The van der Waals surface area contributed by atoms with Crippen LogP contribution in [0.2, 0.25) is 5.02 Å². The largest absolute Gasteiger partial charge is 0.373 e. The van der Waals surface area contributed by atoms with Gasteiger partial charge in [-0.2, -0.15) is 5.10 Å². The van der Waals surface area contributed by atoms with Crippen LogP contribution in [0.1, 0.15) is 38.4 Å². The lowest BCUT2D eigenvalue weighted by molar-refractivity contribution is -0.0141. The van der Waals surface area contributed by atoms with Crippen LogP contribution in [-0.2, 0) is 11.8 Å². The monoisotopic (exact) mass is 257 g/mol. The minimum atomic E-state index is -0.187. The molecule has 1 aliphatic rings. The van der Waals surface area contributed by atoms with Crippen molar-refractivity contribution < 1.29 is 4.74 Å². The van der Waals surface area contributed by atoms with Gasteiger partial charge < -0.3 is 10.1 Å². The van der Waals surface area contributed by atoms with Crippen LogP contribution in [0.15, 0.2) is 6.20 Å². The molecule has 0 bridgehead atoms. The molecule has 0 spiro atoms. The highest BCUT2D eigenvalue weighted by molar-refractivity contribution is 6.31. The van der Waals surface area contributed by atoms with E-state index in [1.54, 1.807) is 6.20 Å². The lowest BCUT2D eigenvalue weighted by Gasteiger charge is -2.34. The Kier molecular flexibility index (Phi) is 3.76. The lowest BCUT2D eigenvalue weighted by atomic mass is 9.90. The summed E-state index contributed by atoms with van der Waals surface area (Å²) in [7, 11) is 1.92. The van der Waals surface area contributed by atoms with E-state index in [0.717, 1.165) is 31.7 Å². The number of nitrogens with zero attached hydrogens (tertiary/aromatic N) is 2. The van der Waals surface area contributed by atoms with E-state index in [-0.39, 0.29) is 11.6 Å². The molecule has 1 aromatic rings. The Bertz CT molecular complexity index is 366. The summed E-state index contributed by atoms with van der Waals surface area (Å²) in [6, 6.07) is 0.0926. The van der Waals surface area contributed by atoms with Crippen LogP contribution in [0.5, 0.6) is 0 Å². The molecule has 4 nitrogen and oxygen atoms in total. The molecule has 2 atom stereocenters. The molecule has 0 saturated carbocycles. The molecule has 0 aromatic carbocycles. The van der Waals surface area contributed by atoms with Crippen LogP contribution in [0, 0.1) is 0 Å². The van der Waals surface area contributed by atoms with Crippen LogP contribution in [0.4, 0.5) is 0 Å². The molecule has 17 heavy (non-hydrogen) atoms. The molecule has 2 heterocycles. The molecule has 1 saturated heterocycles. The maximum atomic E-state index is 6.24. The van der Waals surface area contributed by atoms with E-state index < -0.39 is 0 Å². The van der Waals surface area contributed by atoms with Crippen molar-refractivity contribution >= 4 is 11.6 Å². The van der Waals surface area contributed by atoms with Gasteiger partial charge in [-0.15, -0.1) is 0 Å². The SMILES string of the molecule is CCNC(c1c(Cl)cnn1C)C1(C)CCCO1. The minimum Gasteiger partial charge on any atom is -0.373 e. The van der Waals surface area contributed by atoms with E-state index in [2.05, 4.69) is 24.3 Å². The van der Waals surface area contributed by atoms with Gasteiger partial charge in [-0.25, -0.2) is 0 Å². The zero-order chi connectivity index (χ0) is 12.5. The predicted molar refractivity (Wildman–Crippen MR) is 68.2 cm³/mol. The number of hydrogen-bond donors (Lipinski definition) is 1. The molecular formula is C12H20ClN3O. The zero-order valence-corrected chi connectivity index (χ0v) is 11.4. The Labute approximate surface area is 107 Å². The second-order valence-electron chi connectivity index (χ2n) is 4.76. The van der Waals surface area contributed by atoms with Crippen LogP contribution < -0.4 is 5.32 Å². The molecule has 1 aliphatic heterocycles. The Hall–Kier alpha value is -0.580. The van der Waals surface area contributed by atoms with Crippen molar-refractivity contribution in [1.29, 1.82) is 0 Å². The first-order valence-electron chi connectivity index (χ1n) is 6.13. The summed E-state index contributed by atoms with van der Waals surface area (Å²) in [4.78, 5) is 0. The normalized spacial score (nSPS) is 26.4. The summed E-state index contributed by atoms with van der Waals surface area (Å²) in [5.74, 6) is 0. The summed E-state index contributed by atoms with van der Waals surface area (Å²) in [5, 5.41) is 8.39. The number of rotatable bonds is 4. The third-order valence-electron chi connectivity index (χ3n) is 3.48. The molecule has 0 radical (unpaired) electrons. The predicted octanol–water partition coefficient (Wildman–Crippen LogP) is 2.29. The quantitative estimate of drug-likeness (QED) is 0.900. The smallest absolute Gasteiger partial charge is 0.0865 e. The topological polar surface area (TPSA) is 39.1 Å². The highest BCUT2D eigenvalue weighted by Gasteiger charge is 2.41. The standard InChI is InChI=1S/C12H20ClN3O/c1-4-14-11(12(2)6-5-7-17-12)10-9(13)8-15-16(10)3/h8,11,14H,4-7H2,1-3H3. The molecule has 0 aliphatic carbocycles. The Morgan fingerprint density at radius 2 is 2.47 bits per heavy atom. The van der Waals surface area contributed by atoms with Gasteiger partial charge in [0.05, 0.1) is 28.6 Å². The maximum Gasteiger partial charge on any atom is 0.0865 e. The number of aryl methyl sites for hydroxylation is 1. The second kappa shape index (κ2) is 4.96. The summed E-state index contributed by atoms with van der Waals surface area (Å²) in [6.07, 6.45) is 3.85. The van der Waals surface area contributed by atoms with E-state index in [1.165, 1.54) is 0 Å². The van der Waals surface area contributed by atoms with Gasteiger partial charge in [0.1, 0.15) is 0 Å². The van der Waals surface area contributed by atoms with Gasteiger partial charge in [-0.3, -0.25) is 4.68 Å². The third-order valence-corrected chi connectivity index (χ3v) is 3.77. The van der Waals surface area contributed by atoms with Gasteiger partial charge in [0, 0.05) is 13.7 Å². The van der Waals surface area contributed by atoms with Crippen LogP contribution in [0.3, 0.4) is 0 Å². The zero-order valence-electron chi connectivity index (χ0n) is 10.7. The molecule has 96 valence electrons.